The zero-order valence-electron chi connectivity index (χ0n) is 13.8. The molecule has 4 bridgehead atoms. The Morgan fingerprint density at radius 1 is 1.09 bits per heavy atom. The van der Waals surface area contributed by atoms with Gasteiger partial charge in [0.25, 0.3) is 0 Å². The van der Waals surface area contributed by atoms with Crippen LogP contribution in [0, 0.1) is 23.2 Å². The third-order valence-electron chi connectivity index (χ3n) is 6.52. The highest BCUT2D eigenvalue weighted by Crippen LogP contribution is 2.61. The highest BCUT2D eigenvalue weighted by molar-refractivity contribution is 5.89. The van der Waals surface area contributed by atoms with Crippen molar-refractivity contribution < 1.29 is 4.79 Å². The standard InChI is InChI=1S/C19H27N3O/c1-12(21-18(23)22-17-4-2-16(20)3-5-17)19-9-13-6-14(10-19)8-15(7-13)11-19/h2-5,12-15H,6-11,20H2,1H3,(H2,21,22,23). The number of hydrogen-bond acceptors (Lipinski definition) is 2. The summed E-state index contributed by atoms with van der Waals surface area (Å²) in [4.78, 5) is 12.3. The van der Waals surface area contributed by atoms with Gasteiger partial charge in [0.2, 0.25) is 0 Å². The van der Waals surface area contributed by atoms with Crippen molar-refractivity contribution in [1.82, 2.24) is 5.32 Å². The average molecular weight is 313 g/mol. The Kier molecular flexibility index (Phi) is 3.51. The van der Waals surface area contributed by atoms with Crippen molar-refractivity contribution in [2.45, 2.75) is 51.5 Å². The van der Waals surface area contributed by atoms with E-state index in [2.05, 4.69) is 17.6 Å². The number of anilines is 2. The van der Waals surface area contributed by atoms with Gasteiger partial charge in [-0.1, -0.05) is 0 Å². The molecular formula is C19H27N3O. The summed E-state index contributed by atoms with van der Waals surface area (Å²) in [6, 6.07) is 7.42. The molecule has 4 nitrogen and oxygen atoms in total. The normalized spacial score (nSPS) is 35.8. The second-order valence-electron chi connectivity index (χ2n) is 8.22. The molecule has 4 N–H and O–H groups in total. The maximum Gasteiger partial charge on any atom is 0.319 e. The first kappa shape index (κ1) is 14.9. The molecule has 0 saturated heterocycles. The zero-order valence-corrected chi connectivity index (χ0v) is 13.8. The molecule has 4 aliphatic carbocycles. The molecule has 4 saturated carbocycles. The minimum absolute atomic E-state index is 0.0991. The monoisotopic (exact) mass is 313 g/mol. The number of hydrogen-bond donors (Lipinski definition) is 3. The molecule has 23 heavy (non-hydrogen) atoms. The molecule has 0 heterocycles. The molecule has 1 aromatic carbocycles. The Bertz CT molecular complexity index is 560. The molecule has 5 rings (SSSR count). The number of rotatable bonds is 3. The number of nitrogens with one attached hydrogen (secondary N) is 2. The highest BCUT2D eigenvalue weighted by atomic mass is 16.2. The van der Waals surface area contributed by atoms with Crippen molar-refractivity contribution in [2.24, 2.45) is 23.2 Å². The predicted molar refractivity (Wildman–Crippen MR) is 93.1 cm³/mol. The third kappa shape index (κ3) is 2.79. The largest absolute Gasteiger partial charge is 0.399 e. The van der Waals surface area contributed by atoms with Crippen LogP contribution in [0.4, 0.5) is 16.2 Å². The Labute approximate surface area is 138 Å². The maximum atomic E-state index is 12.3. The third-order valence-corrected chi connectivity index (χ3v) is 6.52. The number of amides is 2. The minimum Gasteiger partial charge on any atom is -0.399 e. The Hall–Kier alpha value is -1.71. The number of nitrogens with two attached hydrogens (primary N) is 1. The first-order valence-corrected chi connectivity index (χ1v) is 8.95. The summed E-state index contributed by atoms with van der Waals surface area (Å²) < 4.78 is 0. The fraction of sp³-hybridized carbons (Fsp3) is 0.632. The van der Waals surface area contributed by atoms with E-state index in [9.17, 15) is 4.79 Å². The molecule has 1 aromatic rings. The van der Waals surface area contributed by atoms with Crippen molar-refractivity contribution in [3.63, 3.8) is 0 Å². The number of nitrogen functional groups attached to an aromatic ring is 1. The number of carbonyl (C=O) groups is 1. The van der Waals surface area contributed by atoms with E-state index in [0.29, 0.717) is 11.1 Å². The van der Waals surface area contributed by atoms with Crippen LogP contribution < -0.4 is 16.4 Å². The van der Waals surface area contributed by atoms with E-state index in [-0.39, 0.29) is 12.1 Å². The van der Waals surface area contributed by atoms with Crippen LogP contribution in [0.2, 0.25) is 0 Å². The SMILES string of the molecule is CC(NC(=O)Nc1ccc(N)cc1)C12CC3CC(CC(C3)C1)C2. The van der Waals surface area contributed by atoms with Crippen molar-refractivity contribution in [1.29, 1.82) is 0 Å². The van der Waals surface area contributed by atoms with Crippen LogP contribution in [-0.2, 0) is 0 Å². The van der Waals surface area contributed by atoms with Crippen molar-refractivity contribution in [3.8, 4) is 0 Å². The van der Waals surface area contributed by atoms with E-state index >= 15 is 0 Å². The van der Waals surface area contributed by atoms with Gasteiger partial charge in [-0.3, -0.25) is 0 Å². The average Bonchev–Trinajstić information content (AvgIpc) is 2.48. The lowest BCUT2D eigenvalue weighted by Crippen LogP contribution is -2.56. The molecule has 0 aliphatic heterocycles. The molecular weight excluding hydrogens is 286 g/mol. The number of benzene rings is 1. The summed E-state index contributed by atoms with van der Waals surface area (Å²) in [6.07, 6.45) is 8.23. The van der Waals surface area contributed by atoms with Crippen LogP contribution in [0.5, 0.6) is 0 Å². The van der Waals surface area contributed by atoms with Crippen molar-refractivity contribution in [3.05, 3.63) is 24.3 Å². The fourth-order valence-electron chi connectivity index (χ4n) is 5.79. The molecule has 1 atom stereocenters. The maximum absolute atomic E-state index is 12.3. The van der Waals surface area contributed by atoms with E-state index in [0.717, 1.165) is 23.4 Å². The van der Waals surface area contributed by atoms with Crippen LogP contribution in [0.3, 0.4) is 0 Å². The minimum atomic E-state index is -0.0991. The molecule has 0 radical (unpaired) electrons. The van der Waals surface area contributed by atoms with Crippen LogP contribution in [0.1, 0.15) is 45.4 Å². The first-order valence-electron chi connectivity index (χ1n) is 8.95. The highest BCUT2D eigenvalue weighted by Gasteiger charge is 2.53. The summed E-state index contributed by atoms with van der Waals surface area (Å²) >= 11 is 0. The molecule has 4 aliphatic rings. The van der Waals surface area contributed by atoms with Gasteiger partial charge in [-0.2, -0.15) is 0 Å². The van der Waals surface area contributed by atoms with Gasteiger partial charge in [0, 0.05) is 17.4 Å². The first-order chi connectivity index (χ1) is 11.0. The smallest absolute Gasteiger partial charge is 0.319 e. The van der Waals surface area contributed by atoms with Gasteiger partial charge in [-0.15, -0.1) is 0 Å². The second-order valence-corrected chi connectivity index (χ2v) is 8.22. The molecule has 4 fully saturated rings. The summed E-state index contributed by atoms with van der Waals surface area (Å²) in [5, 5.41) is 6.15. The number of urea groups is 1. The van der Waals surface area contributed by atoms with E-state index < -0.39 is 0 Å². The Morgan fingerprint density at radius 2 is 1.61 bits per heavy atom. The molecule has 2 amide bonds. The molecule has 124 valence electrons. The van der Waals surface area contributed by atoms with Crippen molar-refractivity contribution in [2.75, 3.05) is 11.1 Å². The predicted octanol–water partition coefficient (Wildman–Crippen LogP) is 4.00. The van der Waals surface area contributed by atoms with Gasteiger partial charge in [-0.25, -0.2) is 4.79 Å². The lowest BCUT2D eigenvalue weighted by molar-refractivity contribution is -0.0679. The lowest BCUT2D eigenvalue weighted by Gasteiger charge is -2.59. The van der Waals surface area contributed by atoms with E-state index in [1.807, 2.05) is 12.1 Å². The molecule has 0 spiro atoms. The quantitative estimate of drug-likeness (QED) is 0.738. The van der Waals surface area contributed by atoms with Gasteiger partial charge < -0.3 is 16.4 Å². The topological polar surface area (TPSA) is 67.2 Å². The lowest BCUT2D eigenvalue weighted by atomic mass is 9.48. The number of carbonyl (C=O) groups excluding carboxylic acids is 1. The molecule has 1 unspecified atom stereocenters. The Morgan fingerprint density at radius 3 is 2.13 bits per heavy atom. The van der Waals surface area contributed by atoms with Crippen LogP contribution in [-0.4, -0.2) is 12.1 Å². The van der Waals surface area contributed by atoms with Gasteiger partial charge in [-0.05, 0) is 92.9 Å². The molecule has 0 aromatic heterocycles. The second kappa shape index (κ2) is 5.43. The van der Waals surface area contributed by atoms with E-state index in [1.54, 1.807) is 12.1 Å². The van der Waals surface area contributed by atoms with E-state index in [4.69, 9.17) is 5.73 Å². The summed E-state index contributed by atoms with van der Waals surface area (Å²) in [7, 11) is 0. The van der Waals surface area contributed by atoms with Gasteiger partial charge in [0.05, 0.1) is 0 Å². The van der Waals surface area contributed by atoms with Gasteiger partial charge >= 0.3 is 6.03 Å². The van der Waals surface area contributed by atoms with Crippen LogP contribution in [0.15, 0.2) is 24.3 Å². The summed E-state index contributed by atoms with van der Waals surface area (Å²) in [5.41, 5.74) is 7.51. The summed E-state index contributed by atoms with van der Waals surface area (Å²) in [5.74, 6) is 2.72. The Balaban J connectivity index is 1.40. The fourth-order valence-corrected chi connectivity index (χ4v) is 5.79. The van der Waals surface area contributed by atoms with Gasteiger partial charge in [0.1, 0.15) is 0 Å². The van der Waals surface area contributed by atoms with Crippen LogP contribution >= 0.6 is 0 Å². The molecule has 4 heteroatoms. The zero-order chi connectivity index (χ0) is 16.0. The van der Waals surface area contributed by atoms with Gasteiger partial charge in [0.15, 0.2) is 0 Å². The van der Waals surface area contributed by atoms with Crippen molar-refractivity contribution >= 4 is 17.4 Å². The van der Waals surface area contributed by atoms with E-state index in [1.165, 1.54) is 38.5 Å². The summed E-state index contributed by atoms with van der Waals surface area (Å²) in [6.45, 7) is 2.20. The van der Waals surface area contributed by atoms with Crippen LogP contribution in [0.25, 0.3) is 0 Å².